The van der Waals surface area contributed by atoms with Crippen LogP contribution in [0, 0.1) is 0 Å². The number of rotatable bonds is 2. The summed E-state index contributed by atoms with van der Waals surface area (Å²) in [5, 5.41) is -0.889. The van der Waals surface area contributed by atoms with E-state index in [2.05, 4.69) is 4.40 Å². The summed E-state index contributed by atoms with van der Waals surface area (Å²) in [7, 11) is -4.32. The van der Waals surface area contributed by atoms with Crippen molar-refractivity contribution in [2.75, 3.05) is 0 Å². The fourth-order valence-corrected chi connectivity index (χ4v) is 4.49. The molecule has 0 atom stereocenters. The molecule has 1 aromatic rings. The molecular formula is C12H4Cl7NO3S. The summed E-state index contributed by atoms with van der Waals surface area (Å²) in [6.07, 6.45) is 0. The van der Waals surface area contributed by atoms with Crippen LogP contribution in [0.4, 0.5) is 0 Å². The lowest BCUT2D eigenvalue weighted by molar-refractivity contribution is -0.115. The molecule has 4 nitrogen and oxygen atoms in total. The molecule has 0 radical (unpaired) electrons. The van der Waals surface area contributed by atoms with Crippen molar-refractivity contribution in [2.45, 2.75) is 13.6 Å². The van der Waals surface area contributed by atoms with Crippen molar-refractivity contribution < 1.29 is 13.2 Å². The van der Waals surface area contributed by atoms with E-state index in [-0.39, 0.29) is 4.90 Å². The van der Waals surface area contributed by atoms with Crippen molar-refractivity contribution >= 4 is 103 Å². The van der Waals surface area contributed by atoms with Crippen molar-refractivity contribution in [3.05, 3.63) is 39.4 Å². The minimum atomic E-state index is -4.32. The summed E-state index contributed by atoms with van der Waals surface area (Å²) in [6, 6.07) is 5.08. The molecule has 0 spiro atoms. The van der Waals surface area contributed by atoms with Gasteiger partial charge >= 0.3 is 0 Å². The molecule has 1 aromatic carbocycles. The van der Waals surface area contributed by atoms with Gasteiger partial charge in [-0.05, 0) is 24.3 Å². The van der Waals surface area contributed by atoms with E-state index in [4.69, 9.17) is 81.2 Å². The molecule has 1 aliphatic rings. The molecular weight excluding hydrogens is 486 g/mol. The van der Waals surface area contributed by atoms with Crippen LogP contribution in [-0.4, -0.2) is 28.6 Å². The third kappa shape index (κ3) is 3.42. The highest BCUT2D eigenvalue weighted by Gasteiger charge is 2.61. The monoisotopic (exact) mass is 487 g/mol. The van der Waals surface area contributed by atoms with Gasteiger partial charge in [0.1, 0.15) is 10.7 Å². The Morgan fingerprint density at radius 3 is 1.83 bits per heavy atom. The zero-order valence-electron chi connectivity index (χ0n) is 11.0. The second-order valence-electron chi connectivity index (χ2n) is 4.47. The number of allylic oxidation sites excluding steroid dienone is 2. The molecule has 12 heteroatoms. The van der Waals surface area contributed by atoms with Gasteiger partial charge in [-0.1, -0.05) is 81.2 Å². The van der Waals surface area contributed by atoms with Gasteiger partial charge < -0.3 is 0 Å². The number of Topliss-reactive ketones (excluding diaryl/α,β-unsaturated/α-hetero) is 1. The van der Waals surface area contributed by atoms with Crippen molar-refractivity contribution in [3.8, 4) is 0 Å². The van der Waals surface area contributed by atoms with E-state index >= 15 is 0 Å². The fraction of sp³-hybridized carbons (Fsp3) is 0.167. The van der Waals surface area contributed by atoms with E-state index < -0.39 is 40.2 Å². The Labute approximate surface area is 172 Å². The summed E-state index contributed by atoms with van der Waals surface area (Å²) in [5.74, 6) is -1.08. The standard InChI is InChI=1S/C12H4Cl7NO3S/c13-5-1-3-6(4-2-5)24(22,23)20-9-7(14)8(15)10(21)12(18,19)11(9,16)17/h1-4H/b20-9+. The Morgan fingerprint density at radius 1 is 0.833 bits per heavy atom. The maximum absolute atomic E-state index is 12.4. The predicted octanol–water partition coefficient (Wildman–Crippen LogP) is 5.09. The molecule has 0 N–H and O–H groups in total. The highest BCUT2D eigenvalue weighted by molar-refractivity contribution is 7.90. The average molecular weight is 490 g/mol. The van der Waals surface area contributed by atoms with Crippen LogP contribution in [-0.2, 0) is 14.8 Å². The molecule has 0 fully saturated rings. The maximum Gasteiger partial charge on any atom is 0.282 e. The molecule has 0 saturated heterocycles. The van der Waals surface area contributed by atoms with Gasteiger partial charge in [0.2, 0.25) is 14.4 Å². The van der Waals surface area contributed by atoms with Crippen LogP contribution in [0.25, 0.3) is 0 Å². The van der Waals surface area contributed by atoms with Gasteiger partial charge in [0, 0.05) is 5.02 Å². The topological polar surface area (TPSA) is 63.6 Å². The van der Waals surface area contributed by atoms with Crippen LogP contribution in [0.2, 0.25) is 5.02 Å². The third-order valence-corrected chi connectivity index (χ3v) is 7.49. The lowest BCUT2D eigenvalue weighted by Crippen LogP contribution is -2.53. The number of hydrogen-bond acceptors (Lipinski definition) is 3. The number of halogens is 7. The lowest BCUT2D eigenvalue weighted by atomic mass is 10.0. The molecule has 0 unspecified atom stereocenters. The van der Waals surface area contributed by atoms with Gasteiger partial charge in [-0.25, -0.2) is 0 Å². The minimum Gasteiger partial charge on any atom is -0.290 e. The van der Waals surface area contributed by atoms with Gasteiger partial charge in [-0.2, -0.15) is 12.8 Å². The maximum atomic E-state index is 12.4. The number of ketones is 1. The van der Waals surface area contributed by atoms with E-state index in [1.165, 1.54) is 24.3 Å². The minimum absolute atomic E-state index is 0.226. The summed E-state index contributed by atoms with van der Waals surface area (Å²) in [4.78, 5) is 11.7. The molecule has 0 aliphatic heterocycles. The number of nitrogens with zero attached hydrogens (tertiary/aromatic N) is 1. The summed E-state index contributed by atoms with van der Waals surface area (Å²) < 4.78 is 23.3. The Kier molecular flexibility index (Phi) is 5.82. The molecule has 24 heavy (non-hydrogen) atoms. The summed E-state index contributed by atoms with van der Waals surface area (Å²) in [5.41, 5.74) is -0.669. The van der Waals surface area contributed by atoms with Crippen molar-refractivity contribution in [2.24, 2.45) is 4.40 Å². The molecule has 2 rings (SSSR count). The number of carbonyl (C=O) groups is 1. The van der Waals surface area contributed by atoms with Crippen LogP contribution >= 0.6 is 81.2 Å². The normalized spacial score (nSPS) is 22.1. The number of sulfonamides is 1. The zero-order chi connectivity index (χ0) is 18.5. The zero-order valence-corrected chi connectivity index (χ0v) is 17.1. The quantitative estimate of drug-likeness (QED) is 0.543. The first-order valence-electron chi connectivity index (χ1n) is 5.79. The van der Waals surface area contributed by atoms with Gasteiger partial charge in [0.05, 0.1) is 9.93 Å². The summed E-state index contributed by atoms with van der Waals surface area (Å²) in [6.45, 7) is 0. The number of benzene rings is 1. The number of alkyl halides is 4. The number of carbonyl (C=O) groups excluding carboxylic acids is 1. The fourth-order valence-electron chi connectivity index (χ4n) is 1.65. The highest BCUT2D eigenvalue weighted by Crippen LogP contribution is 2.52. The Balaban J connectivity index is 2.70. The van der Waals surface area contributed by atoms with E-state index in [1.54, 1.807) is 0 Å². The highest BCUT2D eigenvalue weighted by atomic mass is 35.5. The average Bonchev–Trinajstić information content (AvgIpc) is 2.49. The van der Waals surface area contributed by atoms with E-state index in [0.29, 0.717) is 5.02 Å². The predicted molar refractivity (Wildman–Crippen MR) is 98.7 cm³/mol. The molecule has 0 bridgehead atoms. The molecule has 0 aromatic heterocycles. The van der Waals surface area contributed by atoms with Gasteiger partial charge in [0.25, 0.3) is 10.0 Å². The Hall–Kier alpha value is 0.280. The molecule has 0 heterocycles. The second kappa shape index (κ2) is 6.78. The smallest absolute Gasteiger partial charge is 0.282 e. The van der Waals surface area contributed by atoms with Crippen LogP contribution in [0.15, 0.2) is 43.6 Å². The first kappa shape index (κ1) is 20.6. The molecule has 0 amide bonds. The molecule has 1 aliphatic carbocycles. The number of hydrogen-bond donors (Lipinski definition) is 0. The van der Waals surface area contributed by atoms with Gasteiger partial charge in [-0.15, -0.1) is 0 Å². The SMILES string of the molecule is O=C1C(Cl)=C(Cl)/C(=N\S(=O)(=O)c2ccc(Cl)cc2)C(Cl)(Cl)C1(Cl)Cl. The van der Waals surface area contributed by atoms with Crippen molar-refractivity contribution in [1.82, 2.24) is 0 Å². The van der Waals surface area contributed by atoms with E-state index in [1.807, 2.05) is 0 Å². The van der Waals surface area contributed by atoms with Crippen molar-refractivity contribution in [1.29, 1.82) is 0 Å². The van der Waals surface area contributed by atoms with Crippen LogP contribution < -0.4 is 0 Å². The van der Waals surface area contributed by atoms with E-state index in [0.717, 1.165) is 0 Å². The van der Waals surface area contributed by atoms with Crippen LogP contribution in [0.3, 0.4) is 0 Å². The van der Waals surface area contributed by atoms with Crippen LogP contribution in [0.1, 0.15) is 0 Å². The van der Waals surface area contributed by atoms with Crippen molar-refractivity contribution in [3.63, 3.8) is 0 Å². The third-order valence-electron chi connectivity index (χ3n) is 2.90. The van der Waals surface area contributed by atoms with Crippen LogP contribution in [0.5, 0.6) is 0 Å². The Morgan fingerprint density at radius 2 is 1.33 bits per heavy atom. The molecule has 0 saturated carbocycles. The summed E-state index contributed by atoms with van der Waals surface area (Å²) >= 11 is 41.0. The van der Waals surface area contributed by atoms with E-state index in [9.17, 15) is 13.2 Å². The first-order chi connectivity index (χ1) is 10.8. The van der Waals surface area contributed by atoms with Gasteiger partial charge in [-0.3, -0.25) is 4.79 Å². The largest absolute Gasteiger partial charge is 0.290 e. The Bertz CT molecular complexity index is 872. The van der Waals surface area contributed by atoms with Gasteiger partial charge in [0.15, 0.2) is 0 Å². The molecule has 130 valence electrons. The first-order valence-corrected chi connectivity index (χ1v) is 9.88. The lowest BCUT2D eigenvalue weighted by Gasteiger charge is -2.35. The second-order valence-corrected chi connectivity index (χ2v) is 9.93.